The van der Waals surface area contributed by atoms with Crippen molar-refractivity contribution < 1.29 is 23.7 Å². The van der Waals surface area contributed by atoms with Crippen molar-refractivity contribution in [3.8, 4) is 5.75 Å². The summed E-state index contributed by atoms with van der Waals surface area (Å²) in [5, 5.41) is 16.5. The van der Waals surface area contributed by atoms with E-state index in [0.717, 1.165) is 6.42 Å². The van der Waals surface area contributed by atoms with Gasteiger partial charge in [-0.2, -0.15) is 0 Å². The van der Waals surface area contributed by atoms with E-state index in [1.54, 1.807) is 23.7 Å². The van der Waals surface area contributed by atoms with Gasteiger partial charge >= 0.3 is 0 Å². The second kappa shape index (κ2) is 9.41. The van der Waals surface area contributed by atoms with Crippen molar-refractivity contribution in [2.45, 2.75) is 38.3 Å². The molecule has 4 rings (SSSR count). The summed E-state index contributed by atoms with van der Waals surface area (Å²) in [6.45, 7) is 4.66. The molecule has 4 heterocycles. The minimum absolute atomic E-state index is 0.0562. The highest BCUT2D eigenvalue weighted by Crippen LogP contribution is 2.59. The second-order valence-corrected chi connectivity index (χ2v) is 10.5. The number of aryl methyl sites for hydroxylation is 1. The van der Waals surface area contributed by atoms with Crippen molar-refractivity contribution in [3.05, 3.63) is 45.2 Å². The summed E-state index contributed by atoms with van der Waals surface area (Å²) in [6.07, 6.45) is 2.29. The van der Waals surface area contributed by atoms with Crippen LogP contribution in [0.1, 0.15) is 31.4 Å². The predicted molar refractivity (Wildman–Crippen MR) is 129 cm³/mol. The number of hydrogen-bond donors (Lipinski definition) is 4. The van der Waals surface area contributed by atoms with Gasteiger partial charge in [-0.1, -0.05) is 24.6 Å². The molecule has 0 atom stereocenters. The Hall–Kier alpha value is -2.48. The lowest BCUT2D eigenvalue weighted by Crippen LogP contribution is -2.32. The van der Waals surface area contributed by atoms with Crippen molar-refractivity contribution in [1.82, 2.24) is 9.55 Å². The van der Waals surface area contributed by atoms with Crippen LogP contribution in [0.15, 0.2) is 37.8 Å². The summed E-state index contributed by atoms with van der Waals surface area (Å²) in [5.74, 6) is -0.0632. The van der Waals surface area contributed by atoms with Gasteiger partial charge in [0.15, 0.2) is 5.84 Å². The lowest BCUT2D eigenvalue weighted by molar-refractivity contribution is -0.0396. The number of rotatable bonds is 8. The van der Waals surface area contributed by atoms with Gasteiger partial charge in [0.1, 0.15) is 33.6 Å². The van der Waals surface area contributed by atoms with Crippen molar-refractivity contribution >= 4 is 44.0 Å². The first-order valence-electron chi connectivity index (χ1n) is 10.3. The summed E-state index contributed by atoms with van der Waals surface area (Å²) in [5.41, 5.74) is 0.283. The molecule has 0 saturated carbocycles. The molecule has 4 N–H and O–H groups in total. The standard InChI is InChI=1S/C21H26N4O6S2/c1-12(2)6-8-25-19-14(5-4-7-22-19)16(26)15(21(25)27)18-23-20-17(33(28,29)24-18)13(10-32-20)9-31-11-30-3/h4-5,7,10,12,26,28-29H,6,8-9,11H2,1-3H3,(H,23,24). The van der Waals surface area contributed by atoms with E-state index < -0.39 is 16.3 Å². The van der Waals surface area contributed by atoms with E-state index >= 15 is 0 Å². The highest BCUT2D eigenvalue weighted by Gasteiger charge is 2.34. The van der Waals surface area contributed by atoms with Gasteiger partial charge < -0.3 is 19.9 Å². The number of nitrogens with zero attached hydrogens (tertiary/aromatic N) is 3. The monoisotopic (exact) mass is 494 g/mol. The van der Waals surface area contributed by atoms with Gasteiger partial charge in [-0.15, -0.1) is 15.7 Å². The number of pyridine rings is 2. The molecule has 0 aliphatic carbocycles. The van der Waals surface area contributed by atoms with E-state index in [1.807, 2.05) is 0 Å². The zero-order chi connectivity index (χ0) is 23.8. The molecule has 178 valence electrons. The lowest BCUT2D eigenvalue weighted by Gasteiger charge is -2.33. The zero-order valence-electron chi connectivity index (χ0n) is 18.4. The number of nitrogens with one attached hydrogen (secondary N) is 1. The van der Waals surface area contributed by atoms with Crippen LogP contribution >= 0.6 is 22.1 Å². The van der Waals surface area contributed by atoms with E-state index in [4.69, 9.17) is 9.47 Å². The van der Waals surface area contributed by atoms with E-state index in [0.29, 0.717) is 34.1 Å². The van der Waals surface area contributed by atoms with E-state index in [2.05, 4.69) is 28.5 Å². The van der Waals surface area contributed by atoms with Gasteiger partial charge in [0.2, 0.25) is 0 Å². The molecule has 0 fully saturated rings. The van der Waals surface area contributed by atoms with Gasteiger partial charge in [0.25, 0.3) is 5.56 Å². The third-order valence-electron chi connectivity index (χ3n) is 5.16. The topological polar surface area (TPSA) is 138 Å². The molecular formula is C21H26N4O6S2. The first-order chi connectivity index (χ1) is 15.7. The Bertz CT molecular complexity index is 1270. The maximum absolute atomic E-state index is 13.5. The molecule has 0 spiro atoms. The molecular weight excluding hydrogens is 468 g/mol. The predicted octanol–water partition coefficient (Wildman–Crippen LogP) is 4.23. The normalized spacial score (nSPS) is 15.9. The fraction of sp³-hybridized carbons (Fsp3) is 0.381. The molecule has 3 aromatic rings. The number of thiophene rings is 1. The third-order valence-corrected chi connectivity index (χ3v) is 7.68. The van der Waals surface area contributed by atoms with Crippen LogP contribution in [0, 0.1) is 5.92 Å². The van der Waals surface area contributed by atoms with Gasteiger partial charge in [-0.3, -0.25) is 18.5 Å². The molecule has 0 aromatic carbocycles. The maximum atomic E-state index is 13.5. The van der Waals surface area contributed by atoms with E-state index in [1.165, 1.54) is 23.0 Å². The van der Waals surface area contributed by atoms with Crippen LogP contribution in [0.5, 0.6) is 5.75 Å². The summed E-state index contributed by atoms with van der Waals surface area (Å²) in [4.78, 5) is 18.0. The van der Waals surface area contributed by atoms with Crippen molar-refractivity contribution in [3.63, 3.8) is 0 Å². The SMILES string of the molecule is COCOCc1csc2c1S(O)(O)N=C(c1c(O)c3cccnc3n(CCC(C)C)c1=O)N2. The lowest BCUT2D eigenvalue weighted by atomic mass is 10.1. The van der Waals surface area contributed by atoms with Gasteiger partial charge in [-0.25, -0.2) is 4.98 Å². The summed E-state index contributed by atoms with van der Waals surface area (Å²) >= 11 is 1.23. The van der Waals surface area contributed by atoms with Crippen LogP contribution in [0.4, 0.5) is 5.00 Å². The largest absolute Gasteiger partial charge is 0.506 e. The van der Waals surface area contributed by atoms with Crippen molar-refractivity contribution in [2.75, 3.05) is 19.2 Å². The average Bonchev–Trinajstić information content (AvgIpc) is 3.17. The van der Waals surface area contributed by atoms with Crippen molar-refractivity contribution in [1.29, 1.82) is 0 Å². The molecule has 0 amide bonds. The molecule has 12 heteroatoms. The van der Waals surface area contributed by atoms with Crippen LogP contribution in [0.2, 0.25) is 0 Å². The number of fused-ring (bicyclic) bond motifs is 2. The Labute approximate surface area is 196 Å². The molecule has 1 aliphatic rings. The molecule has 0 radical (unpaired) electrons. The third kappa shape index (κ3) is 4.50. The number of ether oxygens (including phenoxy) is 2. The second-order valence-electron chi connectivity index (χ2n) is 8.00. The maximum Gasteiger partial charge on any atom is 0.267 e. The fourth-order valence-electron chi connectivity index (χ4n) is 3.59. The minimum atomic E-state index is -3.65. The van der Waals surface area contributed by atoms with Crippen LogP contribution in [-0.4, -0.2) is 43.5 Å². The number of aromatic hydroxyl groups is 1. The Kier molecular flexibility index (Phi) is 6.75. The smallest absolute Gasteiger partial charge is 0.267 e. The van der Waals surface area contributed by atoms with Crippen molar-refractivity contribution in [2.24, 2.45) is 10.3 Å². The molecule has 0 bridgehead atoms. The number of aromatic nitrogens is 2. The zero-order valence-corrected chi connectivity index (χ0v) is 20.1. The number of amidine groups is 1. The Balaban J connectivity index is 1.82. The highest BCUT2D eigenvalue weighted by atomic mass is 32.3. The summed E-state index contributed by atoms with van der Waals surface area (Å²) in [7, 11) is -2.15. The number of hydrogen-bond acceptors (Lipinski definition) is 10. The summed E-state index contributed by atoms with van der Waals surface area (Å²) < 4.78 is 37.5. The average molecular weight is 495 g/mol. The molecule has 10 nitrogen and oxygen atoms in total. The molecule has 0 saturated heterocycles. The van der Waals surface area contributed by atoms with E-state index in [-0.39, 0.29) is 35.4 Å². The van der Waals surface area contributed by atoms with Crippen LogP contribution in [-0.2, 0) is 22.6 Å². The van der Waals surface area contributed by atoms with Crippen LogP contribution < -0.4 is 10.9 Å². The molecule has 33 heavy (non-hydrogen) atoms. The Morgan fingerprint density at radius 3 is 2.85 bits per heavy atom. The quantitative estimate of drug-likeness (QED) is 0.270. The van der Waals surface area contributed by atoms with Crippen LogP contribution in [0.3, 0.4) is 0 Å². The Morgan fingerprint density at radius 1 is 1.33 bits per heavy atom. The molecule has 0 unspecified atom stereocenters. The minimum Gasteiger partial charge on any atom is -0.506 e. The van der Waals surface area contributed by atoms with Gasteiger partial charge in [0, 0.05) is 30.8 Å². The molecule has 3 aromatic heterocycles. The number of methoxy groups -OCH3 is 1. The first-order valence-corrected chi connectivity index (χ1v) is 12.7. The highest BCUT2D eigenvalue weighted by molar-refractivity contribution is 8.23. The van der Waals surface area contributed by atoms with E-state index in [9.17, 15) is 19.0 Å². The number of anilines is 1. The first kappa shape index (κ1) is 23.7. The van der Waals surface area contributed by atoms with Gasteiger partial charge in [-0.05, 0) is 24.5 Å². The van der Waals surface area contributed by atoms with Gasteiger partial charge in [0.05, 0.1) is 12.0 Å². The Morgan fingerprint density at radius 2 is 2.12 bits per heavy atom. The van der Waals surface area contributed by atoms with Crippen LogP contribution in [0.25, 0.3) is 11.0 Å². The summed E-state index contributed by atoms with van der Waals surface area (Å²) in [6, 6.07) is 3.33. The molecule has 1 aliphatic heterocycles. The fourth-order valence-corrected chi connectivity index (χ4v) is 6.23.